The zero-order chi connectivity index (χ0) is 14.1. The SMILES string of the molecule is Cc1cc(C)c(C#N)c(S(=O)(=O)NC(C)(C)C)n1. The summed E-state index contributed by atoms with van der Waals surface area (Å²) in [5.41, 5.74) is 0.655. The fourth-order valence-corrected chi connectivity index (χ4v) is 3.23. The minimum Gasteiger partial charge on any atom is -0.239 e. The van der Waals surface area contributed by atoms with Crippen LogP contribution in [0.5, 0.6) is 0 Å². The van der Waals surface area contributed by atoms with Gasteiger partial charge in [-0.3, -0.25) is 0 Å². The Balaban J connectivity index is 3.47. The van der Waals surface area contributed by atoms with Crippen LogP contribution in [0.3, 0.4) is 0 Å². The number of aryl methyl sites for hydroxylation is 2. The molecule has 0 unspecified atom stereocenters. The van der Waals surface area contributed by atoms with Gasteiger partial charge >= 0.3 is 0 Å². The fourth-order valence-electron chi connectivity index (χ4n) is 1.58. The molecule has 6 heteroatoms. The third-order valence-corrected chi connectivity index (χ3v) is 3.80. The van der Waals surface area contributed by atoms with E-state index in [9.17, 15) is 8.42 Å². The van der Waals surface area contributed by atoms with Crippen LogP contribution in [0.25, 0.3) is 0 Å². The quantitative estimate of drug-likeness (QED) is 0.883. The lowest BCUT2D eigenvalue weighted by Gasteiger charge is -2.20. The van der Waals surface area contributed by atoms with Crippen molar-refractivity contribution in [2.75, 3.05) is 0 Å². The van der Waals surface area contributed by atoms with Crippen LogP contribution in [-0.2, 0) is 10.0 Å². The molecule has 5 nitrogen and oxygen atoms in total. The molecule has 1 aromatic rings. The lowest BCUT2D eigenvalue weighted by Crippen LogP contribution is -2.41. The van der Waals surface area contributed by atoms with Crippen LogP contribution in [0.4, 0.5) is 0 Å². The van der Waals surface area contributed by atoms with Crippen LogP contribution >= 0.6 is 0 Å². The summed E-state index contributed by atoms with van der Waals surface area (Å²) < 4.78 is 26.9. The van der Waals surface area contributed by atoms with E-state index < -0.39 is 15.6 Å². The average molecular weight is 267 g/mol. The van der Waals surface area contributed by atoms with Crippen molar-refractivity contribution in [1.29, 1.82) is 5.26 Å². The summed E-state index contributed by atoms with van der Waals surface area (Å²) >= 11 is 0. The van der Waals surface area contributed by atoms with Gasteiger partial charge in [0.15, 0.2) is 5.03 Å². The average Bonchev–Trinajstić information content (AvgIpc) is 2.12. The molecule has 0 amide bonds. The van der Waals surface area contributed by atoms with Gasteiger partial charge in [-0.2, -0.15) is 5.26 Å². The first-order valence-corrected chi connectivity index (χ1v) is 6.97. The predicted molar refractivity (Wildman–Crippen MR) is 68.5 cm³/mol. The lowest BCUT2D eigenvalue weighted by molar-refractivity contribution is 0.489. The summed E-state index contributed by atoms with van der Waals surface area (Å²) in [4.78, 5) is 3.99. The highest BCUT2D eigenvalue weighted by Gasteiger charge is 2.27. The molecule has 0 aliphatic carbocycles. The van der Waals surface area contributed by atoms with Gasteiger partial charge in [0, 0.05) is 11.2 Å². The summed E-state index contributed by atoms with van der Waals surface area (Å²) in [6, 6.07) is 3.59. The van der Waals surface area contributed by atoms with Gasteiger partial charge < -0.3 is 0 Å². The van der Waals surface area contributed by atoms with Gasteiger partial charge in [0.2, 0.25) is 0 Å². The summed E-state index contributed by atoms with van der Waals surface area (Å²) in [6.07, 6.45) is 0. The predicted octanol–water partition coefficient (Wildman–Crippen LogP) is 1.65. The fraction of sp³-hybridized carbons (Fsp3) is 0.500. The van der Waals surface area contributed by atoms with Crippen molar-refractivity contribution in [2.45, 2.75) is 45.2 Å². The molecule has 1 heterocycles. The second-order valence-corrected chi connectivity index (χ2v) is 6.83. The number of sulfonamides is 1. The second kappa shape index (κ2) is 4.67. The van der Waals surface area contributed by atoms with E-state index in [0.717, 1.165) is 0 Å². The van der Waals surface area contributed by atoms with Gasteiger partial charge in [0.1, 0.15) is 6.07 Å². The van der Waals surface area contributed by atoms with Crippen molar-refractivity contribution in [1.82, 2.24) is 9.71 Å². The number of nitrogens with zero attached hydrogens (tertiary/aromatic N) is 2. The monoisotopic (exact) mass is 267 g/mol. The smallest absolute Gasteiger partial charge is 0.239 e. The van der Waals surface area contributed by atoms with Crippen LogP contribution in [-0.4, -0.2) is 18.9 Å². The van der Waals surface area contributed by atoms with Crippen LogP contribution in [0.15, 0.2) is 11.1 Å². The number of nitrogens with one attached hydrogen (secondary N) is 1. The molecule has 0 saturated carbocycles. The molecule has 0 bridgehead atoms. The first-order valence-electron chi connectivity index (χ1n) is 5.49. The molecule has 0 aliphatic rings. The van der Waals surface area contributed by atoms with E-state index >= 15 is 0 Å². The Hall–Kier alpha value is -1.45. The summed E-state index contributed by atoms with van der Waals surface area (Å²) in [7, 11) is -3.79. The molecule has 98 valence electrons. The van der Waals surface area contributed by atoms with Gasteiger partial charge in [0.05, 0.1) is 5.56 Å². The summed E-state index contributed by atoms with van der Waals surface area (Å²) in [5, 5.41) is 8.87. The Bertz CT molecular complexity index is 607. The van der Waals surface area contributed by atoms with E-state index in [1.807, 2.05) is 6.07 Å². The maximum atomic E-state index is 12.2. The molecule has 0 fully saturated rings. The van der Waals surface area contributed by atoms with E-state index in [2.05, 4.69) is 9.71 Å². The van der Waals surface area contributed by atoms with E-state index in [-0.39, 0.29) is 10.6 Å². The molecule has 0 spiro atoms. The molecule has 1 N–H and O–H groups in total. The van der Waals surface area contributed by atoms with Gasteiger partial charge in [-0.15, -0.1) is 0 Å². The molecule has 0 aliphatic heterocycles. The molecule has 0 aromatic carbocycles. The minimum absolute atomic E-state index is 0.0948. The van der Waals surface area contributed by atoms with Crippen molar-refractivity contribution < 1.29 is 8.42 Å². The van der Waals surface area contributed by atoms with Gasteiger partial charge in [-0.1, -0.05) is 0 Å². The standard InChI is InChI=1S/C12H17N3O2S/c1-8-6-9(2)14-11(10(8)7-13)18(16,17)15-12(3,4)5/h6,15H,1-5H3. The normalized spacial score (nSPS) is 12.2. The third kappa shape index (κ3) is 3.28. The summed E-state index contributed by atoms with van der Waals surface area (Å²) in [6.45, 7) is 8.60. The number of pyridine rings is 1. The molecule has 1 rings (SSSR count). The zero-order valence-corrected chi connectivity index (χ0v) is 12.0. The molecular weight excluding hydrogens is 250 g/mol. The van der Waals surface area contributed by atoms with Crippen LogP contribution in [0, 0.1) is 25.2 Å². The second-order valence-electron chi connectivity index (χ2n) is 5.23. The Labute approximate surface area is 108 Å². The highest BCUT2D eigenvalue weighted by molar-refractivity contribution is 7.89. The molecule has 0 radical (unpaired) electrons. The van der Waals surface area contributed by atoms with E-state index in [0.29, 0.717) is 11.3 Å². The number of hydrogen-bond acceptors (Lipinski definition) is 4. The Morgan fingerprint density at radius 3 is 2.33 bits per heavy atom. The van der Waals surface area contributed by atoms with E-state index in [1.54, 1.807) is 40.7 Å². The van der Waals surface area contributed by atoms with Crippen molar-refractivity contribution in [3.63, 3.8) is 0 Å². The Morgan fingerprint density at radius 1 is 1.33 bits per heavy atom. The Morgan fingerprint density at radius 2 is 1.89 bits per heavy atom. The number of hydrogen-bond donors (Lipinski definition) is 1. The lowest BCUT2D eigenvalue weighted by atomic mass is 10.1. The van der Waals surface area contributed by atoms with Gasteiger partial charge in [-0.25, -0.2) is 18.1 Å². The maximum Gasteiger partial charge on any atom is 0.259 e. The van der Waals surface area contributed by atoms with Crippen molar-refractivity contribution in [3.8, 4) is 6.07 Å². The van der Waals surface area contributed by atoms with Crippen molar-refractivity contribution in [2.24, 2.45) is 0 Å². The van der Waals surface area contributed by atoms with E-state index in [1.165, 1.54) is 0 Å². The van der Waals surface area contributed by atoms with Gasteiger partial charge in [-0.05, 0) is 46.2 Å². The highest BCUT2D eigenvalue weighted by Crippen LogP contribution is 2.19. The zero-order valence-electron chi connectivity index (χ0n) is 11.2. The molecule has 18 heavy (non-hydrogen) atoms. The molecular formula is C12H17N3O2S. The van der Waals surface area contributed by atoms with Gasteiger partial charge in [0.25, 0.3) is 10.0 Å². The first-order chi connectivity index (χ1) is 8.07. The van der Waals surface area contributed by atoms with Crippen molar-refractivity contribution >= 4 is 10.0 Å². The molecule has 1 aromatic heterocycles. The van der Waals surface area contributed by atoms with E-state index in [4.69, 9.17) is 5.26 Å². The van der Waals surface area contributed by atoms with Crippen molar-refractivity contribution in [3.05, 3.63) is 22.9 Å². The third-order valence-electron chi connectivity index (χ3n) is 2.12. The number of rotatable bonds is 2. The van der Waals surface area contributed by atoms with Crippen LogP contribution in [0.2, 0.25) is 0 Å². The van der Waals surface area contributed by atoms with Crippen LogP contribution < -0.4 is 4.72 Å². The number of aromatic nitrogens is 1. The first kappa shape index (κ1) is 14.6. The molecule has 0 saturated heterocycles. The maximum absolute atomic E-state index is 12.2. The Kier molecular flexibility index (Phi) is 3.79. The number of nitriles is 1. The summed E-state index contributed by atoms with van der Waals surface area (Å²) in [5.74, 6) is 0. The van der Waals surface area contributed by atoms with Crippen LogP contribution in [0.1, 0.15) is 37.6 Å². The molecule has 0 atom stereocenters. The topological polar surface area (TPSA) is 82.8 Å². The highest BCUT2D eigenvalue weighted by atomic mass is 32.2. The minimum atomic E-state index is -3.79. The largest absolute Gasteiger partial charge is 0.259 e.